The van der Waals surface area contributed by atoms with E-state index in [0.717, 1.165) is 26.2 Å². The third kappa shape index (κ3) is 7.96. The first-order valence-electron chi connectivity index (χ1n) is 12.1. The number of nitrogens with zero attached hydrogens (tertiary/aromatic N) is 2. The smallest absolute Gasteiger partial charge is 0.244 e. The van der Waals surface area contributed by atoms with Crippen LogP contribution in [0.5, 0.6) is 11.5 Å². The summed E-state index contributed by atoms with van der Waals surface area (Å²) in [6, 6.07) is 20.5. The summed E-state index contributed by atoms with van der Waals surface area (Å²) < 4.78 is 38.5. The maximum atomic E-state index is 14.0. The number of anilines is 1. The number of halogens is 1. The minimum atomic E-state index is -3.95. The van der Waals surface area contributed by atoms with Crippen LogP contribution in [0.4, 0.5) is 5.69 Å². The summed E-state index contributed by atoms with van der Waals surface area (Å²) in [5, 5.41) is 2.66. The van der Waals surface area contributed by atoms with Gasteiger partial charge in [-0.2, -0.15) is 0 Å². The Balaban J connectivity index is 2.07. The molecule has 1 N–H and O–H groups in total. The normalized spacial score (nSPS) is 11.8. The Hall–Kier alpha value is -3.57. The van der Waals surface area contributed by atoms with Crippen molar-refractivity contribution in [2.75, 3.05) is 38.4 Å². The predicted octanol–water partition coefficient (Wildman–Crippen LogP) is 3.62. The van der Waals surface area contributed by atoms with Crippen LogP contribution in [0.15, 0.2) is 77.3 Å². The fraction of sp³-hybridized carbons (Fsp3) is 0.286. The van der Waals surface area contributed by atoms with Gasteiger partial charge < -0.3 is 19.7 Å². The largest absolute Gasteiger partial charge is 0.497 e. The Morgan fingerprint density at radius 2 is 1.62 bits per heavy atom. The van der Waals surface area contributed by atoms with Gasteiger partial charge >= 0.3 is 0 Å². The van der Waals surface area contributed by atoms with Gasteiger partial charge in [-0.3, -0.25) is 13.9 Å². The van der Waals surface area contributed by atoms with Crippen LogP contribution in [-0.2, 0) is 32.6 Å². The van der Waals surface area contributed by atoms with Gasteiger partial charge in [-0.15, -0.1) is 0 Å². The quantitative estimate of drug-likeness (QED) is 0.333. The van der Waals surface area contributed by atoms with Gasteiger partial charge in [0.05, 0.1) is 26.2 Å². The minimum Gasteiger partial charge on any atom is -0.497 e. The first kappa shape index (κ1) is 30.0. The first-order chi connectivity index (χ1) is 18.6. The van der Waals surface area contributed by atoms with Crippen molar-refractivity contribution in [1.29, 1.82) is 0 Å². The number of amides is 2. The van der Waals surface area contributed by atoms with Gasteiger partial charge in [0, 0.05) is 30.6 Å². The van der Waals surface area contributed by atoms with Gasteiger partial charge in [0.2, 0.25) is 21.8 Å². The molecule has 39 heavy (non-hydrogen) atoms. The summed E-state index contributed by atoms with van der Waals surface area (Å²) in [5.41, 5.74) is 1.78. The molecule has 0 spiro atoms. The number of carbonyl (C=O) groups excluding carboxylic acids is 2. The second-order valence-corrected chi connectivity index (χ2v) is 11.6. The van der Waals surface area contributed by atoms with Crippen LogP contribution < -0.4 is 19.1 Å². The number of sulfonamides is 1. The number of hydrogen-bond acceptors (Lipinski definition) is 6. The van der Waals surface area contributed by atoms with E-state index in [1.807, 2.05) is 54.6 Å². The van der Waals surface area contributed by atoms with Gasteiger partial charge in [0.15, 0.2) is 0 Å². The highest BCUT2D eigenvalue weighted by Crippen LogP contribution is 2.34. The maximum Gasteiger partial charge on any atom is 0.244 e. The van der Waals surface area contributed by atoms with Crippen molar-refractivity contribution in [2.45, 2.75) is 19.0 Å². The van der Waals surface area contributed by atoms with E-state index in [1.54, 1.807) is 12.1 Å². The number of ether oxygens (including phenoxy) is 2. The van der Waals surface area contributed by atoms with Gasteiger partial charge in [0.1, 0.15) is 24.1 Å². The number of nitrogens with one attached hydrogen (secondary N) is 1. The molecule has 9 nitrogen and oxygen atoms in total. The fourth-order valence-corrected chi connectivity index (χ4v) is 5.20. The zero-order chi connectivity index (χ0) is 28.6. The van der Waals surface area contributed by atoms with Gasteiger partial charge in [-0.05, 0) is 35.4 Å². The Morgan fingerprint density at radius 1 is 0.949 bits per heavy atom. The molecular formula is C28H32BrN3O6S. The fourth-order valence-electron chi connectivity index (χ4n) is 4.09. The lowest BCUT2D eigenvalue weighted by atomic mass is 10.0. The molecule has 3 rings (SSSR count). The highest BCUT2D eigenvalue weighted by Gasteiger charge is 2.33. The van der Waals surface area contributed by atoms with Crippen molar-refractivity contribution < 1.29 is 27.5 Å². The van der Waals surface area contributed by atoms with Gasteiger partial charge in [-0.1, -0.05) is 58.4 Å². The predicted molar refractivity (Wildman–Crippen MR) is 154 cm³/mol. The Bertz CT molecular complexity index is 1380. The molecule has 0 unspecified atom stereocenters. The number of benzene rings is 3. The molecule has 0 aromatic heterocycles. The third-order valence-corrected chi connectivity index (χ3v) is 7.77. The average molecular weight is 619 g/mol. The SMILES string of the molecule is CNC(=O)[C@@H](Cc1ccccc1)N(Cc1ccc(Br)cc1)C(=O)CN(c1cc(OC)ccc1OC)S(C)(=O)=O. The average Bonchev–Trinajstić information content (AvgIpc) is 2.93. The molecule has 208 valence electrons. The van der Waals surface area contributed by atoms with Crippen LogP contribution in [0.3, 0.4) is 0 Å². The van der Waals surface area contributed by atoms with E-state index in [9.17, 15) is 18.0 Å². The Morgan fingerprint density at radius 3 is 2.18 bits per heavy atom. The van der Waals surface area contributed by atoms with Crippen LogP contribution in [-0.4, -0.2) is 65.2 Å². The molecule has 0 heterocycles. The molecule has 0 aliphatic rings. The van der Waals surface area contributed by atoms with Gasteiger partial charge in [-0.25, -0.2) is 8.42 Å². The molecule has 0 bridgehead atoms. The zero-order valence-corrected chi connectivity index (χ0v) is 24.7. The zero-order valence-electron chi connectivity index (χ0n) is 22.3. The molecule has 0 radical (unpaired) electrons. The molecule has 1 atom stereocenters. The van der Waals surface area contributed by atoms with E-state index in [0.29, 0.717) is 5.75 Å². The van der Waals surface area contributed by atoms with Crippen LogP contribution in [0.1, 0.15) is 11.1 Å². The standard InChI is InChI=1S/C28H32BrN3O6S/c1-30-28(34)25(16-20-8-6-5-7-9-20)31(18-21-10-12-22(29)13-11-21)27(33)19-32(39(4,35)36)24-17-23(37-2)14-15-26(24)38-3/h5-15,17,25H,16,18-19H2,1-4H3,(H,30,34)/t25-/m1/s1. The van der Waals surface area contributed by atoms with E-state index < -0.39 is 28.5 Å². The lowest BCUT2D eigenvalue weighted by Crippen LogP contribution is -2.52. The second kappa shape index (κ2) is 13.5. The third-order valence-electron chi connectivity index (χ3n) is 6.12. The highest BCUT2D eigenvalue weighted by atomic mass is 79.9. The summed E-state index contributed by atoms with van der Waals surface area (Å²) in [7, 11) is 0.426. The Labute approximate surface area is 237 Å². The number of hydrogen-bond donors (Lipinski definition) is 1. The van der Waals surface area contributed by atoms with E-state index in [-0.39, 0.29) is 30.3 Å². The summed E-state index contributed by atoms with van der Waals surface area (Å²) >= 11 is 3.41. The summed E-state index contributed by atoms with van der Waals surface area (Å²) in [6.07, 6.45) is 1.25. The highest BCUT2D eigenvalue weighted by molar-refractivity contribution is 9.10. The molecule has 11 heteroatoms. The van der Waals surface area contributed by atoms with Crippen LogP contribution >= 0.6 is 15.9 Å². The summed E-state index contributed by atoms with van der Waals surface area (Å²) in [4.78, 5) is 28.6. The summed E-state index contributed by atoms with van der Waals surface area (Å²) in [6.45, 7) is -0.467. The number of carbonyl (C=O) groups is 2. The number of likely N-dealkylation sites (N-methyl/N-ethyl adjacent to an activating group) is 1. The molecule has 0 aliphatic carbocycles. The van der Waals surface area contributed by atoms with Crippen molar-refractivity contribution in [3.63, 3.8) is 0 Å². The van der Waals surface area contributed by atoms with E-state index in [2.05, 4.69) is 21.2 Å². The topological polar surface area (TPSA) is 105 Å². The first-order valence-corrected chi connectivity index (χ1v) is 14.7. The van der Waals surface area contributed by atoms with Crippen molar-refractivity contribution in [2.24, 2.45) is 0 Å². The van der Waals surface area contributed by atoms with Crippen molar-refractivity contribution in [3.05, 3.63) is 88.4 Å². The van der Waals surface area contributed by atoms with Crippen molar-refractivity contribution in [1.82, 2.24) is 10.2 Å². The number of methoxy groups -OCH3 is 2. The monoisotopic (exact) mass is 617 g/mol. The molecule has 0 saturated heterocycles. The van der Waals surface area contributed by atoms with Crippen molar-refractivity contribution in [3.8, 4) is 11.5 Å². The van der Waals surface area contributed by atoms with E-state index in [1.165, 1.54) is 32.2 Å². The molecule has 0 fully saturated rings. The molecule has 0 aliphatic heterocycles. The Kier molecular flexibility index (Phi) is 10.4. The molecule has 2 amide bonds. The lowest BCUT2D eigenvalue weighted by molar-refractivity contribution is -0.139. The van der Waals surface area contributed by atoms with Crippen LogP contribution in [0, 0.1) is 0 Å². The lowest BCUT2D eigenvalue weighted by Gasteiger charge is -2.33. The summed E-state index contributed by atoms with van der Waals surface area (Å²) in [5.74, 6) is -0.279. The van der Waals surface area contributed by atoms with Gasteiger partial charge in [0.25, 0.3) is 0 Å². The van der Waals surface area contributed by atoms with Crippen LogP contribution in [0.25, 0.3) is 0 Å². The van der Waals surface area contributed by atoms with E-state index >= 15 is 0 Å². The molecular weight excluding hydrogens is 586 g/mol. The molecule has 3 aromatic rings. The van der Waals surface area contributed by atoms with Crippen LogP contribution in [0.2, 0.25) is 0 Å². The number of rotatable bonds is 12. The van der Waals surface area contributed by atoms with Crippen molar-refractivity contribution >= 4 is 43.5 Å². The minimum absolute atomic E-state index is 0.0872. The maximum absolute atomic E-state index is 14.0. The second-order valence-electron chi connectivity index (χ2n) is 8.78. The molecule has 0 saturated carbocycles. The molecule has 3 aromatic carbocycles. The van der Waals surface area contributed by atoms with E-state index in [4.69, 9.17) is 9.47 Å².